The smallest absolute Gasteiger partial charge is 0.280 e. The lowest BCUT2D eigenvalue weighted by molar-refractivity contribution is -0.385. The molecule has 0 radical (unpaired) electrons. The Bertz CT molecular complexity index is 1090. The molecule has 9 heteroatoms. The van der Waals surface area contributed by atoms with E-state index in [9.17, 15) is 20.0 Å². The fourth-order valence-corrected chi connectivity index (χ4v) is 3.50. The third kappa shape index (κ3) is 4.25. The molecule has 0 aliphatic rings. The minimum absolute atomic E-state index is 0.0161. The first-order valence-electron chi connectivity index (χ1n) is 8.30. The highest BCUT2D eigenvalue weighted by Crippen LogP contribution is 2.36. The second kappa shape index (κ2) is 8.53. The normalized spacial score (nSPS) is 10.8. The second-order valence-electron chi connectivity index (χ2n) is 5.74. The standard InChI is InChI=1S/C20H16N2O6S/c1-27-15-10-13(14(22(25)26)11-16(15)28-2)8-9-17-21-18(19(29-17)20(23)24)12-6-4-3-5-7-12/h3-11H,1-2H3,(H,23,24)/p-1/b9-8+. The van der Waals surface area contributed by atoms with Crippen molar-refractivity contribution in [1.29, 1.82) is 0 Å². The maximum absolute atomic E-state index is 11.5. The molecule has 0 bridgehead atoms. The Balaban J connectivity index is 2.04. The molecule has 0 aliphatic heterocycles. The van der Waals surface area contributed by atoms with E-state index in [2.05, 4.69) is 4.98 Å². The number of hydrogen-bond donors (Lipinski definition) is 0. The summed E-state index contributed by atoms with van der Waals surface area (Å²) in [6, 6.07) is 11.6. The minimum atomic E-state index is -1.34. The summed E-state index contributed by atoms with van der Waals surface area (Å²) in [5.41, 5.74) is 1.01. The van der Waals surface area contributed by atoms with Crippen molar-refractivity contribution in [3.8, 4) is 22.8 Å². The molecule has 3 aromatic rings. The summed E-state index contributed by atoms with van der Waals surface area (Å²) < 4.78 is 10.3. The molecule has 0 aliphatic carbocycles. The lowest BCUT2D eigenvalue weighted by Gasteiger charge is -2.08. The number of nitrogens with zero attached hydrogens (tertiary/aromatic N) is 2. The van der Waals surface area contributed by atoms with E-state index >= 15 is 0 Å². The van der Waals surface area contributed by atoms with Gasteiger partial charge in [0, 0.05) is 5.56 Å². The van der Waals surface area contributed by atoms with Gasteiger partial charge in [0.2, 0.25) is 0 Å². The highest BCUT2D eigenvalue weighted by atomic mass is 32.1. The molecule has 8 nitrogen and oxygen atoms in total. The van der Waals surface area contributed by atoms with E-state index in [4.69, 9.17) is 9.47 Å². The largest absolute Gasteiger partial charge is 0.544 e. The van der Waals surface area contributed by atoms with Crippen molar-refractivity contribution in [1.82, 2.24) is 4.98 Å². The third-order valence-corrected chi connectivity index (χ3v) is 5.01. The van der Waals surface area contributed by atoms with E-state index in [1.54, 1.807) is 24.3 Å². The van der Waals surface area contributed by atoms with E-state index in [0.29, 0.717) is 16.3 Å². The van der Waals surface area contributed by atoms with Crippen molar-refractivity contribution in [2.75, 3.05) is 14.2 Å². The van der Waals surface area contributed by atoms with Crippen LogP contribution in [-0.2, 0) is 0 Å². The predicted octanol–water partition coefficient (Wildman–Crippen LogP) is 3.27. The maximum atomic E-state index is 11.5. The van der Waals surface area contributed by atoms with Gasteiger partial charge in [0.25, 0.3) is 5.69 Å². The van der Waals surface area contributed by atoms with Gasteiger partial charge in [0.1, 0.15) is 5.01 Å². The van der Waals surface area contributed by atoms with Gasteiger partial charge >= 0.3 is 0 Å². The number of ether oxygens (including phenoxy) is 2. The molecule has 3 rings (SSSR count). The number of carbonyl (C=O) groups is 1. The molecule has 148 valence electrons. The van der Waals surface area contributed by atoms with Crippen LogP contribution in [0.1, 0.15) is 20.2 Å². The van der Waals surface area contributed by atoms with Crippen LogP contribution in [-0.4, -0.2) is 30.1 Å². The number of nitro groups is 1. The molecule has 0 N–H and O–H groups in total. The quantitative estimate of drug-likeness (QED) is 0.433. The summed E-state index contributed by atoms with van der Waals surface area (Å²) in [6.45, 7) is 0. The average molecular weight is 411 g/mol. The van der Waals surface area contributed by atoms with Gasteiger partial charge in [-0.25, -0.2) is 4.98 Å². The molecule has 0 saturated carbocycles. The Morgan fingerprint density at radius 3 is 2.34 bits per heavy atom. The van der Waals surface area contributed by atoms with Crippen LogP contribution in [0.5, 0.6) is 11.5 Å². The van der Waals surface area contributed by atoms with Gasteiger partial charge in [-0.05, 0) is 18.2 Å². The number of methoxy groups -OCH3 is 2. The van der Waals surface area contributed by atoms with Gasteiger partial charge < -0.3 is 19.4 Å². The number of benzene rings is 2. The van der Waals surface area contributed by atoms with Crippen LogP contribution in [0.4, 0.5) is 5.69 Å². The highest BCUT2D eigenvalue weighted by molar-refractivity contribution is 7.14. The Kier molecular flexibility index (Phi) is 5.89. The first-order valence-corrected chi connectivity index (χ1v) is 9.12. The zero-order chi connectivity index (χ0) is 21.0. The van der Waals surface area contributed by atoms with Crippen molar-refractivity contribution in [2.24, 2.45) is 0 Å². The van der Waals surface area contributed by atoms with Crippen molar-refractivity contribution in [2.45, 2.75) is 0 Å². The number of carbonyl (C=O) groups excluding carboxylic acids is 1. The van der Waals surface area contributed by atoms with Crippen LogP contribution >= 0.6 is 11.3 Å². The summed E-state index contributed by atoms with van der Waals surface area (Å²) in [6.07, 6.45) is 2.99. The van der Waals surface area contributed by atoms with E-state index in [1.807, 2.05) is 6.07 Å². The van der Waals surface area contributed by atoms with Crippen molar-refractivity contribution in [3.05, 3.63) is 68.0 Å². The first-order chi connectivity index (χ1) is 13.9. The predicted molar refractivity (Wildman–Crippen MR) is 107 cm³/mol. The lowest BCUT2D eigenvalue weighted by atomic mass is 10.1. The zero-order valence-electron chi connectivity index (χ0n) is 15.4. The average Bonchev–Trinajstić information content (AvgIpc) is 3.16. The van der Waals surface area contributed by atoms with Crippen LogP contribution in [0.25, 0.3) is 23.4 Å². The van der Waals surface area contributed by atoms with Crippen molar-refractivity contribution < 1.29 is 24.3 Å². The van der Waals surface area contributed by atoms with E-state index in [-0.39, 0.29) is 27.6 Å². The number of thiazole rings is 1. The van der Waals surface area contributed by atoms with E-state index in [0.717, 1.165) is 11.3 Å². The summed E-state index contributed by atoms with van der Waals surface area (Å²) in [7, 11) is 2.81. The molecule has 0 saturated heterocycles. The molecule has 1 aromatic heterocycles. The fraction of sp³-hybridized carbons (Fsp3) is 0.100. The van der Waals surface area contributed by atoms with E-state index < -0.39 is 10.9 Å². The number of aromatic carboxylic acids is 1. The molecule has 0 atom stereocenters. The highest BCUT2D eigenvalue weighted by Gasteiger charge is 2.18. The minimum Gasteiger partial charge on any atom is -0.544 e. The Morgan fingerprint density at radius 1 is 1.10 bits per heavy atom. The molecular formula is C20H15N2O6S-. The number of aromatic nitrogens is 1. The summed E-state index contributed by atoms with van der Waals surface area (Å²) in [5.74, 6) is -0.772. The lowest BCUT2D eigenvalue weighted by Crippen LogP contribution is -2.21. The SMILES string of the molecule is COc1cc(/C=C/c2nc(-c3ccccc3)c(C(=O)[O-])s2)c([N+](=O)[O-])cc1OC. The van der Waals surface area contributed by atoms with Gasteiger partial charge in [-0.3, -0.25) is 10.1 Å². The molecular weight excluding hydrogens is 396 g/mol. The first kappa shape index (κ1) is 20.0. The summed E-state index contributed by atoms with van der Waals surface area (Å²) in [5, 5.41) is 23.3. The molecule has 0 spiro atoms. The van der Waals surface area contributed by atoms with Crippen molar-refractivity contribution in [3.63, 3.8) is 0 Å². The van der Waals surface area contributed by atoms with Gasteiger partial charge in [-0.1, -0.05) is 30.3 Å². The fourth-order valence-electron chi connectivity index (χ4n) is 2.67. The Morgan fingerprint density at radius 2 is 1.76 bits per heavy atom. The molecule has 0 unspecified atom stereocenters. The molecule has 1 heterocycles. The van der Waals surface area contributed by atoms with E-state index in [1.165, 1.54) is 38.5 Å². The van der Waals surface area contributed by atoms with Crippen LogP contribution in [0.15, 0.2) is 42.5 Å². The maximum Gasteiger partial charge on any atom is 0.280 e. The van der Waals surface area contributed by atoms with Gasteiger partial charge in [0.05, 0.1) is 47.3 Å². The van der Waals surface area contributed by atoms with Gasteiger partial charge in [-0.2, -0.15) is 0 Å². The summed E-state index contributed by atoms with van der Waals surface area (Å²) >= 11 is 0.928. The van der Waals surface area contributed by atoms with Crippen molar-refractivity contribution >= 4 is 35.1 Å². The number of carboxylic acid groups (broad SMARTS) is 1. The monoisotopic (exact) mass is 411 g/mol. The van der Waals surface area contributed by atoms with Gasteiger partial charge in [0.15, 0.2) is 11.5 Å². The third-order valence-electron chi connectivity index (χ3n) is 4.01. The number of hydrogen-bond acceptors (Lipinski definition) is 8. The van der Waals surface area contributed by atoms with Crippen LogP contribution in [0, 0.1) is 10.1 Å². The molecule has 29 heavy (non-hydrogen) atoms. The topological polar surface area (TPSA) is 115 Å². The molecule has 0 amide bonds. The summed E-state index contributed by atoms with van der Waals surface area (Å²) in [4.78, 5) is 26.7. The zero-order valence-corrected chi connectivity index (χ0v) is 16.3. The number of rotatable bonds is 7. The van der Waals surface area contributed by atoms with Crippen LogP contribution in [0.3, 0.4) is 0 Å². The van der Waals surface area contributed by atoms with Crippen LogP contribution in [0.2, 0.25) is 0 Å². The number of carboxylic acids is 1. The van der Waals surface area contributed by atoms with Gasteiger partial charge in [-0.15, -0.1) is 11.3 Å². The number of nitro benzene ring substituents is 1. The Labute approximate surface area is 169 Å². The molecule has 2 aromatic carbocycles. The Hall–Kier alpha value is -3.72. The molecule has 0 fully saturated rings. The second-order valence-corrected chi connectivity index (χ2v) is 6.77. The van der Waals surface area contributed by atoms with Crippen LogP contribution < -0.4 is 14.6 Å².